The van der Waals surface area contributed by atoms with Crippen LogP contribution in [0.4, 0.5) is 0 Å². The highest BCUT2D eigenvalue weighted by molar-refractivity contribution is 7.13. The summed E-state index contributed by atoms with van der Waals surface area (Å²) in [6, 6.07) is 10.1. The topological polar surface area (TPSA) is 98.2 Å². The number of aromatic nitrogens is 1. The Bertz CT molecular complexity index is 1280. The van der Waals surface area contributed by atoms with Gasteiger partial charge in [0.15, 0.2) is 0 Å². The molecule has 5 aliphatic rings. The molecule has 4 saturated carbocycles. The Hall–Kier alpha value is -3.11. The summed E-state index contributed by atoms with van der Waals surface area (Å²) in [6.45, 7) is 3.66. The molecule has 7 rings (SSSR count). The maximum Gasteiger partial charge on any atom is 0.338 e. The Balaban J connectivity index is 1.30. The van der Waals surface area contributed by atoms with Gasteiger partial charge in [0.2, 0.25) is 5.88 Å². The summed E-state index contributed by atoms with van der Waals surface area (Å²) in [4.78, 5) is 17.9. The van der Waals surface area contributed by atoms with E-state index in [1.165, 1.54) is 44.2 Å². The third kappa shape index (κ3) is 3.74. The van der Waals surface area contributed by atoms with Crippen LogP contribution in [0, 0.1) is 29.1 Å². The van der Waals surface area contributed by atoms with Crippen molar-refractivity contribution in [2.24, 2.45) is 23.5 Å². The standard InChI is InChI=1S/C29H31N3O3S/c1-3-34-28(33)24-16(2)35-26(31)22(14-30)25(24)20-4-6-21(7-5-20)27-32-23(15-36-27)29-11-17-8-18(12-29)10-19(9-17)13-29/h4-7,15,17-19,25H,3,8-13,31H2,1-2H3. The van der Waals surface area contributed by atoms with Crippen LogP contribution in [0.3, 0.4) is 0 Å². The number of thiazole rings is 1. The normalized spacial score (nSPS) is 30.8. The number of hydrogen-bond acceptors (Lipinski definition) is 7. The minimum Gasteiger partial charge on any atom is -0.463 e. The minimum absolute atomic E-state index is 0.0252. The van der Waals surface area contributed by atoms with Crippen LogP contribution in [0.25, 0.3) is 10.6 Å². The van der Waals surface area contributed by atoms with Gasteiger partial charge < -0.3 is 15.2 Å². The lowest BCUT2D eigenvalue weighted by atomic mass is 9.49. The molecule has 1 aromatic heterocycles. The Morgan fingerprint density at radius 2 is 1.83 bits per heavy atom. The summed E-state index contributed by atoms with van der Waals surface area (Å²) in [6.07, 6.45) is 8.19. The molecule has 6 nitrogen and oxygen atoms in total. The van der Waals surface area contributed by atoms with Crippen LogP contribution < -0.4 is 5.73 Å². The zero-order valence-corrected chi connectivity index (χ0v) is 21.6. The van der Waals surface area contributed by atoms with E-state index in [9.17, 15) is 10.1 Å². The van der Waals surface area contributed by atoms with E-state index in [1.807, 2.05) is 24.3 Å². The second-order valence-electron chi connectivity index (χ2n) is 11.0. The lowest BCUT2D eigenvalue weighted by molar-refractivity contribution is -0.139. The first kappa shape index (κ1) is 23.3. The van der Waals surface area contributed by atoms with E-state index in [2.05, 4.69) is 11.4 Å². The van der Waals surface area contributed by atoms with Crippen molar-refractivity contribution in [3.05, 3.63) is 63.7 Å². The van der Waals surface area contributed by atoms with E-state index in [-0.39, 0.29) is 23.5 Å². The van der Waals surface area contributed by atoms with Gasteiger partial charge in [-0.3, -0.25) is 0 Å². The number of carbonyl (C=O) groups is 1. The molecule has 2 heterocycles. The first-order valence-corrected chi connectivity index (χ1v) is 13.8. The first-order chi connectivity index (χ1) is 17.4. The molecule has 0 amide bonds. The van der Waals surface area contributed by atoms with E-state index in [0.717, 1.165) is 33.9 Å². The van der Waals surface area contributed by atoms with Crippen LogP contribution >= 0.6 is 11.3 Å². The highest BCUT2D eigenvalue weighted by Crippen LogP contribution is 2.60. The molecule has 4 fully saturated rings. The summed E-state index contributed by atoms with van der Waals surface area (Å²) in [5, 5.41) is 13.1. The zero-order valence-electron chi connectivity index (χ0n) is 20.8. The van der Waals surface area contributed by atoms with Crippen LogP contribution in [-0.4, -0.2) is 17.6 Å². The quantitative estimate of drug-likeness (QED) is 0.511. The molecule has 0 radical (unpaired) electrons. The van der Waals surface area contributed by atoms with Crippen molar-refractivity contribution < 1.29 is 14.3 Å². The van der Waals surface area contributed by atoms with Gasteiger partial charge in [0.25, 0.3) is 0 Å². The van der Waals surface area contributed by atoms with Crippen molar-refractivity contribution in [2.45, 2.75) is 63.7 Å². The lowest BCUT2D eigenvalue weighted by Crippen LogP contribution is -2.48. The molecule has 7 heteroatoms. The fourth-order valence-electron chi connectivity index (χ4n) is 7.58. The fraction of sp³-hybridized carbons (Fsp3) is 0.483. The third-order valence-corrected chi connectivity index (χ3v) is 9.57. The SMILES string of the molecule is CCOC(=O)C1=C(C)OC(N)=C(C#N)C1c1ccc(-c2nc(C34CC5CC(CC(C5)C3)C4)cs2)cc1. The van der Waals surface area contributed by atoms with Gasteiger partial charge in [0.1, 0.15) is 22.4 Å². The number of nitriles is 1. The molecule has 36 heavy (non-hydrogen) atoms. The predicted octanol–water partition coefficient (Wildman–Crippen LogP) is 5.92. The number of allylic oxidation sites excluding steroid dienone is 2. The van der Waals surface area contributed by atoms with E-state index in [0.29, 0.717) is 11.3 Å². The fourth-order valence-corrected chi connectivity index (χ4v) is 8.53. The smallest absolute Gasteiger partial charge is 0.338 e. The predicted molar refractivity (Wildman–Crippen MR) is 137 cm³/mol. The molecule has 1 aliphatic heterocycles. The van der Waals surface area contributed by atoms with Crippen LogP contribution in [0.2, 0.25) is 0 Å². The minimum atomic E-state index is -0.629. The summed E-state index contributed by atoms with van der Waals surface area (Å²) in [5.41, 5.74) is 9.97. The number of ether oxygens (including phenoxy) is 2. The Labute approximate surface area is 215 Å². The number of nitrogens with two attached hydrogens (primary N) is 1. The largest absolute Gasteiger partial charge is 0.463 e. The Kier molecular flexibility index (Phi) is 5.68. The van der Waals surface area contributed by atoms with Gasteiger partial charge in [-0.25, -0.2) is 9.78 Å². The molecule has 4 bridgehead atoms. The van der Waals surface area contributed by atoms with Crippen LogP contribution in [0.15, 0.2) is 52.4 Å². The molecule has 4 aliphatic carbocycles. The van der Waals surface area contributed by atoms with Crippen molar-refractivity contribution >= 4 is 17.3 Å². The number of nitrogens with zero attached hydrogens (tertiary/aromatic N) is 2. The van der Waals surface area contributed by atoms with E-state index in [4.69, 9.17) is 20.2 Å². The van der Waals surface area contributed by atoms with Crippen LogP contribution in [0.1, 0.15) is 69.5 Å². The molecule has 1 unspecified atom stereocenters. The average molecular weight is 502 g/mol. The molecule has 0 spiro atoms. The maximum atomic E-state index is 12.8. The number of hydrogen-bond donors (Lipinski definition) is 1. The van der Waals surface area contributed by atoms with Crippen molar-refractivity contribution in [3.63, 3.8) is 0 Å². The second kappa shape index (κ2) is 8.77. The maximum absolute atomic E-state index is 12.8. The molecule has 1 aromatic carbocycles. The molecule has 186 valence electrons. The van der Waals surface area contributed by atoms with Gasteiger partial charge in [0, 0.05) is 16.4 Å². The first-order valence-electron chi connectivity index (χ1n) is 12.9. The second-order valence-corrected chi connectivity index (χ2v) is 11.8. The molecule has 0 saturated heterocycles. The summed E-state index contributed by atoms with van der Waals surface area (Å²) in [7, 11) is 0. The number of carbonyl (C=O) groups excluding carboxylic acids is 1. The molecule has 2 aromatic rings. The van der Waals surface area contributed by atoms with Gasteiger partial charge in [-0.05, 0) is 75.7 Å². The molecular weight excluding hydrogens is 470 g/mol. The van der Waals surface area contributed by atoms with Crippen LogP contribution in [0.5, 0.6) is 0 Å². The van der Waals surface area contributed by atoms with Gasteiger partial charge >= 0.3 is 5.97 Å². The van der Waals surface area contributed by atoms with Gasteiger partial charge in [-0.15, -0.1) is 11.3 Å². The van der Waals surface area contributed by atoms with Gasteiger partial charge in [-0.1, -0.05) is 24.3 Å². The zero-order chi connectivity index (χ0) is 25.0. The van der Waals surface area contributed by atoms with E-state index < -0.39 is 11.9 Å². The number of benzene rings is 1. The van der Waals surface area contributed by atoms with Crippen LogP contribution in [-0.2, 0) is 19.7 Å². The molecule has 1 atom stereocenters. The van der Waals surface area contributed by atoms with Gasteiger partial charge in [0.05, 0.1) is 23.8 Å². The molecular formula is C29H31N3O3S. The third-order valence-electron chi connectivity index (χ3n) is 8.68. The van der Waals surface area contributed by atoms with Crippen molar-refractivity contribution in [1.29, 1.82) is 5.26 Å². The molecule has 2 N–H and O–H groups in total. The van der Waals surface area contributed by atoms with E-state index in [1.54, 1.807) is 25.2 Å². The monoisotopic (exact) mass is 501 g/mol. The highest BCUT2D eigenvalue weighted by Gasteiger charge is 2.52. The van der Waals surface area contributed by atoms with Crippen molar-refractivity contribution in [3.8, 4) is 16.6 Å². The number of rotatable bonds is 5. The lowest BCUT2D eigenvalue weighted by Gasteiger charge is -2.56. The average Bonchev–Trinajstić information content (AvgIpc) is 3.34. The number of esters is 1. The Morgan fingerprint density at radius 1 is 1.19 bits per heavy atom. The van der Waals surface area contributed by atoms with E-state index >= 15 is 0 Å². The van der Waals surface area contributed by atoms with Crippen molar-refractivity contribution in [1.82, 2.24) is 4.98 Å². The summed E-state index contributed by atoms with van der Waals surface area (Å²) < 4.78 is 10.8. The summed E-state index contributed by atoms with van der Waals surface area (Å²) in [5.74, 6) is 1.93. The highest BCUT2D eigenvalue weighted by atomic mass is 32.1. The van der Waals surface area contributed by atoms with Gasteiger partial charge in [-0.2, -0.15) is 5.26 Å². The Morgan fingerprint density at radius 3 is 2.42 bits per heavy atom. The van der Waals surface area contributed by atoms with Crippen molar-refractivity contribution in [2.75, 3.05) is 6.61 Å². The summed E-state index contributed by atoms with van der Waals surface area (Å²) >= 11 is 1.71.